The minimum atomic E-state index is -1.17. The summed E-state index contributed by atoms with van der Waals surface area (Å²) in [5.74, 6) is -3.19. The lowest BCUT2D eigenvalue weighted by molar-refractivity contribution is -0.154. The molecule has 2 N–H and O–H groups in total. The van der Waals surface area contributed by atoms with Crippen LogP contribution < -0.4 is 5.32 Å². The van der Waals surface area contributed by atoms with E-state index in [-0.39, 0.29) is 12.3 Å². The normalized spacial score (nSPS) is 12.0. The van der Waals surface area contributed by atoms with Gasteiger partial charge in [-0.15, -0.1) is 0 Å². The maximum absolute atomic E-state index is 11.0. The van der Waals surface area contributed by atoms with E-state index in [9.17, 15) is 14.4 Å². The number of carboxylic acid groups (broad SMARTS) is 1. The van der Waals surface area contributed by atoms with Gasteiger partial charge >= 0.3 is 17.8 Å². The van der Waals surface area contributed by atoms with Crippen LogP contribution in [0.4, 0.5) is 0 Å². The molecule has 0 aromatic heterocycles. The molecule has 0 aliphatic carbocycles. The Morgan fingerprint density at radius 2 is 1.87 bits per heavy atom. The minimum Gasteiger partial charge on any atom is -0.480 e. The zero-order valence-electron chi connectivity index (χ0n) is 8.94. The largest absolute Gasteiger partial charge is 0.480 e. The predicted molar refractivity (Wildman–Crippen MR) is 51.0 cm³/mol. The molecule has 0 aliphatic heterocycles. The lowest BCUT2D eigenvalue weighted by atomic mass is 10.0. The Kier molecular flexibility index (Phi) is 5.36. The van der Waals surface area contributed by atoms with Crippen LogP contribution >= 0.6 is 0 Å². The maximum Gasteiger partial charge on any atom is 0.396 e. The second-order valence-electron chi connectivity index (χ2n) is 3.49. The molecule has 15 heavy (non-hydrogen) atoms. The number of carbonyl (C=O) groups is 3. The van der Waals surface area contributed by atoms with Crippen LogP contribution in [0.3, 0.4) is 0 Å². The van der Waals surface area contributed by atoms with Crippen LogP contribution in [-0.2, 0) is 19.1 Å². The number of methoxy groups -OCH3 is 1. The third-order valence-corrected chi connectivity index (χ3v) is 1.68. The summed E-state index contributed by atoms with van der Waals surface area (Å²) in [5, 5.41) is 10.8. The molecule has 0 fully saturated rings. The third kappa shape index (κ3) is 4.99. The Balaban J connectivity index is 4.35. The van der Waals surface area contributed by atoms with Gasteiger partial charge in [-0.3, -0.25) is 4.79 Å². The molecule has 0 rings (SSSR count). The van der Waals surface area contributed by atoms with E-state index in [0.717, 1.165) is 7.11 Å². The fraction of sp³-hybridized carbons (Fsp3) is 0.667. The summed E-state index contributed by atoms with van der Waals surface area (Å²) >= 11 is 0. The first-order valence-electron chi connectivity index (χ1n) is 4.50. The molecule has 0 aromatic rings. The molecule has 0 saturated heterocycles. The van der Waals surface area contributed by atoms with Crippen LogP contribution in [0.5, 0.6) is 0 Å². The predicted octanol–water partition coefficient (Wildman–Crippen LogP) is -0.225. The second-order valence-corrected chi connectivity index (χ2v) is 3.49. The van der Waals surface area contributed by atoms with Gasteiger partial charge in [-0.2, -0.15) is 0 Å². The van der Waals surface area contributed by atoms with Crippen LogP contribution in [0.25, 0.3) is 0 Å². The van der Waals surface area contributed by atoms with E-state index in [2.05, 4.69) is 10.1 Å². The first kappa shape index (κ1) is 13.4. The Morgan fingerprint density at radius 3 is 2.20 bits per heavy atom. The molecule has 1 unspecified atom stereocenters. The summed E-state index contributed by atoms with van der Waals surface area (Å²) in [6.07, 6.45) is 0.262. The van der Waals surface area contributed by atoms with E-state index < -0.39 is 23.9 Å². The summed E-state index contributed by atoms with van der Waals surface area (Å²) in [6, 6.07) is -1.06. The van der Waals surface area contributed by atoms with Gasteiger partial charge in [-0.25, -0.2) is 9.59 Å². The molecule has 0 aromatic carbocycles. The molecule has 0 saturated carbocycles. The highest BCUT2D eigenvalue weighted by Crippen LogP contribution is 2.04. The van der Waals surface area contributed by atoms with Gasteiger partial charge in [0.1, 0.15) is 6.04 Å². The van der Waals surface area contributed by atoms with Gasteiger partial charge in [0.25, 0.3) is 0 Å². The Bertz CT molecular complexity index is 261. The van der Waals surface area contributed by atoms with Gasteiger partial charge < -0.3 is 15.2 Å². The molecule has 6 nitrogen and oxygen atoms in total. The van der Waals surface area contributed by atoms with Crippen molar-refractivity contribution in [2.75, 3.05) is 7.11 Å². The number of hydrogen-bond donors (Lipinski definition) is 2. The van der Waals surface area contributed by atoms with Crippen molar-refractivity contribution in [2.45, 2.75) is 26.3 Å². The topological polar surface area (TPSA) is 92.7 Å². The average Bonchev–Trinajstić information content (AvgIpc) is 2.14. The molecular weight excluding hydrogens is 202 g/mol. The number of hydrogen-bond acceptors (Lipinski definition) is 4. The van der Waals surface area contributed by atoms with Crippen molar-refractivity contribution < 1.29 is 24.2 Å². The molecule has 1 amide bonds. The van der Waals surface area contributed by atoms with E-state index >= 15 is 0 Å². The fourth-order valence-electron chi connectivity index (χ4n) is 1.00. The first-order valence-corrected chi connectivity index (χ1v) is 4.50. The standard InChI is InChI=1S/C9H15NO5/c1-5(2)4-6(8(12)13)10-7(11)9(14)15-3/h5-6H,4H2,1-3H3,(H,10,11)(H,12,13). The van der Waals surface area contributed by atoms with Crippen molar-refractivity contribution in [1.29, 1.82) is 0 Å². The van der Waals surface area contributed by atoms with E-state index in [1.165, 1.54) is 0 Å². The smallest absolute Gasteiger partial charge is 0.396 e. The van der Waals surface area contributed by atoms with Crippen molar-refractivity contribution in [3.8, 4) is 0 Å². The number of aliphatic carboxylic acids is 1. The first-order chi connectivity index (χ1) is 6.88. The quantitative estimate of drug-likeness (QED) is 0.501. The lowest BCUT2D eigenvalue weighted by Crippen LogP contribution is -2.44. The van der Waals surface area contributed by atoms with Gasteiger partial charge in [0, 0.05) is 0 Å². The molecule has 6 heteroatoms. The molecular formula is C9H15NO5. The van der Waals surface area contributed by atoms with Crippen molar-refractivity contribution >= 4 is 17.8 Å². The summed E-state index contributed by atoms with van der Waals surface area (Å²) in [5.41, 5.74) is 0. The Labute approximate surface area is 87.6 Å². The molecule has 0 heterocycles. The molecule has 0 radical (unpaired) electrons. The van der Waals surface area contributed by atoms with Crippen molar-refractivity contribution in [2.24, 2.45) is 5.92 Å². The van der Waals surface area contributed by atoms with E-state index in [0.29, 0.717) is 0 Å². The van der Waals surface area contributed by atoms with Crippen molar-refractivity contribution in [1.82, 2.24) is 5.32 Å². The second kappa shape index (κ2) is 6.00. The number of rotatable bonds is 4. The van der Waals surface area contributed by atoms with Crippen LogP contribution in [0, 0.1) is 5.92 Å². The highest BCUT2D eigenvalue weighted by molar-refractivity contribution is 6.32. The Morgan fingerprint density at radius 1 is 1.33 bits per heavy atom. The molecule has 0 bridgehead atoms. The van der Waals surface area contributed by atoms with Crippen LogP contribution in [0.1, 0.15) is 20.3 Å². The zero-order chi connectivity index (χ0) is 12.0. The maximum atomic E-state index is 11.0. The lowest BCUT2D eigenvalue weighted by Gasteiger charge is -2.15. The molecule has 0 spiro atoms. The average molecular weight is 217 g/mol. The molecule has 1 atom stereocenters. The molecule has 86 valence electrons. The van der Waals surface area contributed by atoms with Gasteiger partial charge in [0.05, 0.1) is 7.11 Å². The number of ether oxygens (including phenoxy) is 1. The summed E-state index contributed by atoms with van der Waals surface area (Å²) in [4.78, 5) is 32.5. The van der Waals surface area contributed by atoms with Crippen LogP contribution in [0.15, 0.2) is 0 Å². The summed E-state index contributed by atoms with van der Waals surface area (Å²) < 4.78 is 4.15. The van der Waals surface area contributed by atoms with E-state index in [4.69, 9.17) is 5.11 Å². The van der Waals surface area contributed by atoms with Crippen molar-refractivity contribution in [3.63, 3.8) is 0 Å². The third-order valence-electron chi connectivity index (χ3n) is 1.68. The molecule has 0 aliphatic rings. The van der Waals surface area contributed by atoms with Crippen LogP contribution in [-0.4, -0.2) is 36.1 Å². The van der Waals surface area contributed by atoms with Gasteiger partial charge in [0.2, 0.25) is 0 Å². The van der Waals surface area contributed by atoms with Gasteiger partial charge in [-0.1, -0.05) is 13.8 Å². The highest BCUT2D eigenvalue weighted by atomic mass is 16.5. The van der Waals surface area contributed by atoms with Gasteiger partial charge in [0.15, 0.2) is 0 Å². The number of esters is 1. The SMILES string of the molecule is COC(=O)C(=O)NC(CC(C)C)C(=O)O. The van der Waals surface area contributed by atoms with Crippen molar-refractivity contribution in [3.05, 3.63) is 0 Å². The monoisotopic (exact) mass is 217 g/mol. The zero-order valence-corrected chi connectivity index (χ0v) is 8.94. The number of nitrogens with one attached hydrogen (secondary N) is 1. The summed E-state index contributed by atoms with van der Waals surface area (Å²) in [6.45, 7) is 3.64. The minimum absolute atomic E-state index is 0.101. The fourth-order valence-corrected chi connectivity index (χ4v) is 1.00. The summed E-state index contributed by atoms with van der Waals surface area (Å²) in [7, 11) is 1.06. The van der Waals surface area contributed by atoms with Gasteiger partial charge in [-0.05, 0) is 12.3 Å². The van der Waals surface area contributed by atoms with E-state index in [1.807, 2.05) is 13.8 Å². The van der Waals surface area contributed by atoms with Crippen LogP contribution in [0.2, 0.25) is 0 Å². The Hall–Kier alpha value is -1.59. The highest BCUT2D eigenvalue weighted by Gasteiger charge is 2.24. The van der Waals surface area contributed by atoms with E-state index in [1.54, 1.807) is 0 Å². The number of carboxylic acids is 1. The number of amides is 1. The number of carbonyl (C=O) groups excluding carboxylic acids is 2.